The second-order valence-corrected chi connectivity index (χ2v) is 6.68. The molecule has 0 spiro atoms. The molecule has 8 heteroatoms. The van der Waals surface area contributed by atoms with Crippen LogP contribution in [0.15, 0.2) is 30.3 Å². The molecule has 1 heterocycles. The van der Waals surface area contributed by atoms with Crippen LogP contribution in [0.1, 0.15) is 5.69 Å². The van der Waals surface area contributed by atoms with Crippen LogP contribution in [0.4, 0.5) is 20.3 Å². The Morgan fingerprint density at radius 2 is 1.76 bits per heavy atom. The molecule has 0 radical (unpaired) electrons. The summed E-state index contributed by atoms with van der Waals surface area (Å²) in [6, 6.07) is 6.65. The lowest BCUT2D eigenvalue weighted by atomic mass is 10.1. The number of halogens is 5. The number of hydrogen-bond donors (Lipinski definition) is 1. The summed E-state index contributed by atoms with van der Waals surface area (Å²) in [6.45, 7) is 1.78. The zero-order chi connectivity index (χ0) is 18.3. The highest BCUT2D eigenvalue weighted by molar-refractivity contribution is 6.36. The van der Waals surface area contributed by atoms with E-state index in [1.165, 1.54) is 22.9 Å². The van der Waals surface area contributed by atoms with E-state index >= 15 is 0 Å². The first-order valence-corrected chi connectivity index (χ1v) is 8.32. The molecule has 0 aliphatic carbocycles. The van der Waals surface area contributed by atoms with Gasteiger partial charge in [0.2, 0.25) is 0 Å². The second-order valence-electron chi connectivity index (χ2n) is 5.43. The van der Waals surface area contributed by atoms with E-state index in [2.05, 4.69) is 10.4 Å². The molecule has 1 aromatic heterocycles. The van der Waals surface area contributed by atoms with Crippen molar-refractivity contribution in [2.24, 2.45) is 7.05 Å². The Morgan fingerprint density at radius 3 is 2.40 bits per heavy atom. The van der Waals surface area contributed by atoms with Crippen molar-refractivity contribution in [2.45, 2.75) is 6.92 Å². The number of aromatic nitrogens is 2. The average Bonchev–Trinajstić information content (AvgIpc) is 2.77. The molecule has 0 aliphatic rings. The molecule has 3 rings (SSSR count). The first-order chi connectivity index (χ1) is 11.8. The lowest BCUT2D eigenvalue weighted by Gasteiger charge is -2.13. The van der Waals surface area contributed by atoms with E-state index < -0.39 is 11.6 Å². The van der Waals surface area contributed by atoms with E-state index in [-0.39, 0.29) is 20.8 Å². The van der Waals surface area contributed by atoms with Crippen molar-refractivity contribution in [1.82, 2.24) is 9.78 Å². The predicted molar refractivity (Wildman–Crippen MR) is 98.1 cm³/mol. The molecule has 3 nitrogen and oxygen atoms in total. The first kappa shape index (κ1) is 18.0. The smallest absolute Gasteiger partial charge is 0.149 e. The molecule has 2 aromatic carbocycles. The second kappa shape index (κ2) is 6.83. The van der Waals surface area contributed by atoms with Crippen LogP contribution in [0.2, 0.25) is 15.1 Å². The zero-order valence-corrected chi connectivity index (χ0v) is 15.4. The predicted octanol–water partition coefficient (Wildman–Crippen LogP) is 6.38. The summed E-state index contributed by atoms with van der Waals surface area (Å²) < 4.78 is 29.2. The number of anilines is 2. The highest BCUT2D eigenvalue weighted by Crippen LogP contribution is 2.39. The third kappa shape index (κ3) is 3.45. The molecule has 0 amide bonds. The van der Waals surface area contributed by atoms with Crippen LogP contribution in [0, 0.1) is 18.6 Å². The Balaban J connectivity index is 2.16. The standard InChI is InChI=1S/C17H12Cl3F2N3/c1-8-15(11-4-3-10(21)7-12(11)19)17(25(2)24-8)23-16-13(20)5-9(18)6-14(16)22/h3-7,23H,1-2H3. The number of benzene rings is 2. The average molecular weight is 403 g/mol. The van der Waals surface area contributed by atoms with Crippen LogP contribution in [0.25, 0.3) is 11.1 Å². The van der Waals surface area contributed by atoms with Gasteiger partial charge in [0.25, 0.3) is 0 Å². The molecule has 1 N–H and O–H groups in total. The van der Waals surface area contributed by atoms with Crippen molar-refractivity contribution in [2.75, 3.05) is 5.32 Å². The molecule has 130 valence electrons. The van der Waals surface area contributed by atoms with E-state index in [9.17, 15) is 8.78 Å². The van der Waals surface area contributed by atoms with Crippen LogP contribution >= 0.6 is 34.8 Å². The van der Waals surface area contributed by atoms with E-state index in [0.29, 0.717) is 22.6 Å². The maximum absolute atomic E-state index is 14.3. The Kier molecular flexibility index (Phi) is 4.91. The monoisotopic (exact) mass is 401 g/mol. The highest BCUT2D eigenvalue weighted by Gasteiger charge is 2.20. The molecule has 0 bridgehead atoms. The van der Waals surface area contributed by atoms with Gasteiger partial charge in [0, 0.05) is 23.2 Å². The zero-order valence-electron chi connectivity index (χ0n) is 13.2. The van der Waals surface area contributed by atoms with Crippen molar-refractivity contribution in [3.05, 3.63) is 62.7 Å². The van der Waals surface area contributed by atoms with Crippen molar-refractivity contribution in [3.8, 4) is 11.1 Å². The van der Waals surface area contributed by atoms with Gasteiger partial charge in [-0.15, -0.1) is 0 Å². The Morgan fingerprint density at radius 1 is 1.04 bits per heavy atom. The minimum atomic E-state index is -0.604. The fourth-order valence-electron chi connectivity index (χ4n) is 2.60. The van der Waals surface area contributed by atoms with Crippen molar-refractivity contribution < 1.29 is 8.78 Å². The molecule has 0 atom stereocenters. The fraction of sp³-hybridized carbons (Fsp3) is 0.118. The van der Waals surface area contributed by atoms with Gasteiger partial charge in [-0.2, -0.15) is 5.10 Å². The minimum absolute atomic E-state index is 0.0635. The Hall–Kier alpha value is -1.82. The maximum atomic E-state index is 14.3. The van der Waals surface area contributed by atoms with Crippen LogP contribution in [0.3, 0.4) is 0 Å². The molecule has 0 fully saturated rings. The van der Waals surface area contributed by atoms with Crippen LogP contribution < -0.4 is 5.32 Å². The van der Waals surface area contributed by atoms with Gasteiger partial charge in [0.05, 0.1) is 21.4 Å². The Labute approximate surface area is 158 Å². The van der Waals surface area contributed by atoms with E-state index in [0.717, 1.165) is 6.07 Å². The molecule has 0 saturated heterocycles. The fourth-order valence-corrected chi connectivity index (χ4v) is 3.37. The third-order valence-electron chi connectivity index (χ3n) is 3.67. The third-order valence-corrected chi connectivity index (χ3v) is 4.50. The lowest BCUT2D eigenvalue weighted by molar-refractivity contribution is 0.628. The van der Waals surface area contributed by atoms with Gasteiger partial charge in [-0.05, 0) is 37.3 Å². The quantitative estimate of drug-likeness (QED) is 0.551. The topological polar surface area (TPSA) is 29.9 Å². The lowest BCUT2D eigenvalue weighted by Crippen LogP contribution is -2.03. The number of nitrogens with zero attached hydrogens (tertiary/aromatic N) is 2. The summed E-state index contributed by atoms with van der Waals surface area (Å²) >= 11 is 18.1. The normalized spacial score (nSPS) is 11.0. The summed E-state index contributed by atoms with van der Waals surface area (Å²) in [7, 11) is 1.69. The SMILES string of the molecule is Cc1nn(C)c(Nc2c(F)cc(Cl)cc2Cl)c1-c1ccc(F)cc1Cl. The van der Waals surface area contributed by atoms with Gasteiger partial charge in [-0.25, -0.2) is 8.78 Å². The van der Waals surface area contributed by atoms with Gasteiger partial charge in [-0.1, -0.05) is 34.8 Å². The maximum Gasteiger partial charge on any atom is 0.149 e. The number of aryl methyl sites for hydroxylation is 2. The van der Waals surface area contributed by atoms with Gasteiger partial charge < -0.3 is 5.32 Å². The van der Waals surface area contributed by atoms with Crippen molar-refractivity contribution >= 4 is 46.3 Å². The van der Waals surface area contributed by atoms with Crippen LogP contribution in [0.5, 0.6) is 0 Å². The number of rotatable bonds is 3. The Bertz CT molecular complexity index is 947. The first-order valence-electron chi connectivity index (χ1n) is 7.18. The van der Waals surface area contributed by atoms with Crippen molar-refractivity contribution in [1.29, 1.82) is 0 Å². The molecule has 0 aliphatic heterocycles. The molecule has 0 saturated carbocycles. The minimum Gasteiger partial charge on any atom is -0.336 e. The summed E-state index contributed by atoms with van der Waals surface area (Å²) in [4.78, 5) is 0. The summed E-state index contributed by atoms with van der Waals surface area (Å²) in [5.74, 6) is -0.585. The van der Waals surface area contributed by atoms with Crippen LogP contribution in [-0.2, 0) is 7.05 Å². The van der Waals surface area contributed by atoms with Gasteiger partial charge in [0.15, 0.2) is 0 Å². The van der Waals surface area contributed by atoms with Crippen LogP contribution in [-0.4, -0.2) is 9.78 Å². The van der Waals surface area contributed by atoms with E-state index in [1.807, 2.05) is 0 Å². The number of nitrogens with one attached hydrogen (secondary N) is 1. The van der Waals surface area contributed by atoms with Crippen molar-refractivity contribution in [3.63, 3.8) is 0 Å². The summed E-state index contributed by atoms with van der Waals surface area (Å²) in [6.07, 6.45) is 0. The summed E-state index contributed by atoms with van der Waals surface area (Å²) in [5, 5.41) is 7.82. The molecular weight excluding hydrogens is 391 g/mol. The molecule has 0 unspecified atom stereocenters. The molecule has 3 aromatic rings. The largest absolute Gasteiger partial charge is 0.336 e. The molecular formula is C17H12Cl3F2N3. The van der Waals surface area contributed by atoms with Gasteiger partial charge in [-0.3, -0.25) is 4.68 Å². The number of hydrogen-bond acceptors (Lipinski definition) is 2. The van der Waals surface area contributed by atoms with Gasteiger partial charge >= 0.3 is 0 Å². The van der Waals surface area contributed by atoms with E-state index in [4.69, 9.17) is 34.8 Å². The highest BCUT2D eigenvalue weighted by atomic mass is 35.5. The summed E-state index contributed by atoms with van der Waals surface area (Å²) in [5.41, 5.74) is 1.90. The van der Waals surface area contributed by atoms with E-state index in [1.54, 1.807) is 20.0 Å². The molecule has 25 heavy (non-hydrogen) atoms. The van der Waals surface area contributed by atoms with Gasteiger partial charge in [0.1, 0.15) is 17.5 Å².